The maximum Gasteiger partial charge on any atom is 0.243 e. The largest absolute Gasteiger partial charge is 0.337 e. The quantitative estimate of drug-likeness (QED) is 0.466. The van der Waals surface area contributed by atoms with Gasteiger partial charge in [0.15, 0.2) is 0 Å². The number of thiophene rings is 1. The first kappa shape index (κ1) is 23.7. The summed E-state index contributed by atoms with van der Waals surface area (Å²) in [6.07, 6.45) is 1.91. The second-order valence-electron chi connectivity index (χ2n) is 8.57. The number of piperidine rings is 1. The summed E-state index contributed by atoms with van der Waals surface area (Å²) >= 11 is 1.66. The van der Waals surface area contributed by atoms with Crippen LogP contribution in [0.5, 0.6) is 0 Å². The molecule has 4 rings (SSSR count). The van der Waals surface area contributed by atoms with E-state index in [1.165, 1.54) is 9.87 Å². The van der Waals surface area contributed by atoms with Gasteiger partial charge in [-0.2, -0.15) is 4.31 Å². The normalized spacial score (nSPS) is 15.4. The van der Waals surface area contributed by atoms with Crippen LogP contribution in [-0.2, 0) is 27.8 Å². The Kier molecular flexibility index (Phi) is 7.63. The molecule has 0 spiro atoms. The van der Waals surface area contributed by atoms with Crippen LogP contribution in [0.4, 0.5) is 0 Å². The van der Waals surface area contributed by atoms with Gasteiger partial charge in [-0.25, -0.2) is 8.42 Å². The van der Waals surface area contributed by atoms with Crippen LogP contribution in [0.3, 0.4) is 0 Å². The van der Waals surface area contributed by atoms with E-state index in [0.29, 0.717) is 43.9 Å². The standard InChI is InChI=1S/C26H30N2O3S2/c1-21-9-11-25(12-10-21)33(30,31)28-17-14-23(15-18-28)26(29)27(20-24-8-5-19-32-24)16-13-22-6-3-2-4-7-22/h2-12,19,23H,13-18,20H2,1H3. The lowest BCUT2D eigenvalue weighted by molar-refractivity contribution is -0.137. The second-order valence-corrected chi connectivity index (χ2v) is 11.5. The Morgan fingerprint density at radius 1 is 1.00 bits per heavy atom. The zero-order valence-corrected chi connectivity index (χ0v) is 20.5. The summed E-state index contributed by atoms with van der Waals surface area (Å²) < 4.78 is 27.5. The summed E-state index contributed by atoms with van der Waals surface area (Å²) in [5, 5.41) is 2.03. The molecular weight excluding hydrogens is 452 g/mol. The SMILES string of the molecule is Cc1ccc(S(=O)(=O)N2CCC(C(=O)N(CCc3ccccc3)Cc3cccs3)CC2)cc1. The summed E-state index contributed by atoms with van der Waals surface area (Å²) in [5.74, 6) is -0.0167. The van der Waals surface area contributed by atoms with Gasteiger partial charge in [-0.05, 0) is 55.3 Å². The zero-order chi connectivity index (χ0) is 23.3. The molecule has 3 aromatic rings. The number of amides is 1. The van der Waals surface area contributed by atoms with E-state index in [-0.39, 0.29) is 11.8 Å². The van der Waals surface area contributed by atoms with Crippen LogP contribution in [0.1, 0.15) is 28.8 Å². The van der Waals surface area contributed by atoms with Gasteiger partial charge < -0.3 is 4.90 Å². The van der Waals surface area contributed by atoms with Crippen LogP contribution in [0, 0.1) is 12.8 Å². The van der Waals surface area contributed by atoms with E-state index >= 15 is 0 Å². The highest BCUT2D eigenvalue weighted by atomic mass is 32.2. The lowest BCUT2D eigenvalue weighted by atomic mass is 9.96. The summed E-state index contributed by atoms with van der Waals surface area (Å²) in [4.78, 5) is 16.9. The first-order valence-corrected chi connectivity index (χ1v) is 13.7. The molecule has 0 unspecified atom stereocenters. The van der Waals surface area contributed by atoms with Crippen molar-refractivity contribution in [3.63, 3.8) is 0 Å². The molecule has 0 saturated carbocycles. The number of benzene rings is 2. The molecule has 1 aliphatic rings. The van der Waals surface area contributed by atoms with Crippen molar-refractivity contribution in [2.45, 2.75) is 37.6 Å². The van der Waals surface area contributed by atoms with Crippen molar-refractivity contribution in [1.29, 1.82) is 0 Å². The average molecular weight is 483 g/mol. The molecule has 0 atom stereocenters. The molecule has 0 aliphatic carbocycles. The molecule has 5 nitrogen and oxygen atoms in total. The van der Waals surface area contributed by atoms with E-state index < -0.39 is 10.0 Å². The maximum absolute atomic E-state index is 13.5. The van der Waals surface area contributed by atoms with Gasteiger partial charge in [0, 0.05) is 30.4 Å². The molecule has 1 fully saturated rings. The second kappa shape index (κ2) is 10.6. The summed E-state index contributed by atoms with van der Waals surface area (Å²) in [6, 6.07) is 21.2. The first-order chi connectivity index (χ1) is 15.9. The predicted molar refractivity (Wildman–Crippen MR) is 133 cm³/mol. The van der Waals surface area contributed by atoms with E-state index in [1.54, 1.807) is 23.5 Å². The van der Waals surface area contributed by atoms with Crippen LogP contribution in [0.15, 0.2) is 77.0 Å². The van der Waals surface area contributed by atoms with E-state index in [1.807, 2.05) is 53.6 Å². The van der Waals surface area contributed by atoms with Crippen molar-refractivity contribution in [3.8, 4) is 0 Å². The topological polar surface area (TPSA) is 57.7 Å². The predicted octanol–water partition coefficient (Wildman–Crippen LogP) is 4.73. The monoisotopic (exact) mass is 482 g/mol. The number of nitrogens with zero attached hydrogens (tertiary/aromatic N) is 2. The van der Waals surface area contributed by atoms with Gasteiger partial charge in [0.1, 0.15) is 0 Å². The summed E-state index contributed by atoms with van der Waals surface area (Å²) in [6.45, 7) is 3.94. The molecule has 0 bridgehead atoms. The Morgan fingerprint density at radius 3 is 2.33 bits per heavy atom. The molecule has 1 saturated heterocycles. The first-order valence-electron chi connectivity index (χ1n) is 11.4. The molecule has 7 heteroatoms. The Bertz CT molecular complexity index is 1140. The number of hydrogen-bond acceptors (Lipinski definition) is 4. The fraction of sp³-hybridized carbons (Fsp3) is 0.346. The number of carbonyl (C=O) groups excluding carboxylic acids is 1. The zero-order valence-electron chi connectivity index (χ0n) is 18.9. The lowest BCUT2D eigenvalue weighted by Crippen LogP contribution is -2.44. The van der Waals surface area contributed by atoms with Gasteiger partial charge >= 0.3 is 0 Å². The van der Waals surface area contributed by atoms with Crippen molar-refractivity contribution < 1.29 is 13.2 Å². The third-order valence-corrected chi connectivity index (χ3v) is 8.99. The molecule has 33 heavy (non-hydrogen) atoms. The maximum atomic E-state index is 13.5. The molecular formula is C26H30N2O3S2. The highest BCUT2D eigenvalue weighted by molar-refractivity contribution is 7.89. The van der Waals surface area contributed by atoms with Gasteiger partial charge in [0.2, 0.25) is 15.9 Å². The highest BCUT2D eigenvalue weighted by Crippen LogP contribution is 2.26. The Morgan fingerprint density at radius 2 is 1.70 bits per heavy atom. The third-order valence-electron chi connectivity index (χ3n) is 6.21. The van der Waals surface area contributed by atoms with Crippen LogP contribution in [0.2, 0.25) is 0 Å². The molecule has 0 radical (unpaired) electrons. The average Bonchev–Trinajstić information content (AvgIpc) is 3.35. The van der Waals surface area contributed by atoms with Crippen molar-refractivity contribution in [2.75, 3.05) is 19.6 Å². The van der Waals surface area contributed by atoms with Gasteiger partial charge in [0.25, 0.3) is 0 Å². The smallest absolute Gasteiger partial charge is 0.243 e. The highest BCUT2D eigenvalue weighted by Gasteiger charge is 2.33. The number of hydrogen-bond donors (Lipinski definition) is 0. The minimum Gasteiger partial charge on any atom is -0.337 e. The molecule has 0 N–H and O–H groups in total. The van der Waals surface area contributed by atoms with E-state index in [2.05, 4.69) is 18.2 Å². The van der Waals surface area contributed by atoms with E-state index in [9.17, 15) is 13.2 Å². The molecule has 2 aromatic carbocycles. The molecule has 1 aliphatic heterocycles. The number of rotatable bonds is 8. The third kappa shape index (κ3) is 5.91. The number of carbonyl (C=O) groups is 1. The molecule has 2 heterocycles. The summed E-state index contributed by atoms with van der Waals surface area (Å²) in [7, 11) is -3.53. The Hall–Kier alpha value is -2.48. The van der Waals surface area contributed by atoms with Gasteiger partial charge in [-0.15, -0.1) is 11.3 Å². The van der Waals surface area contributed by atoms with Crippen LogP contribution < -0.4 is 0 Å². The summed E-state index contributed by atoms with van der Waals surface area (Å²) in [5.41, 5.74) is 2.24. The minimum absolute atomic E-state index is 0.131. The van der Waals surface area contributed by atoms with E-state index in [4.69, 9.17) is 0 Å². The fourth-order valence-corrected chi connectivity index (χ4v) is 6.42. The Labute approximate surface area is 200 Å². The van der Waals surface area contributed by atoms with Crippen molar-refractivity contribution in [1.82, 2.24) is 9.21 Å². The van der Waals surface area contributed by atoms with Crippen LogP contribution in [0.25, 0.3) is 0 Å². The number of aryl methyl sites for hydroxylation is 1. The van der Waals surface area contributed by atoms with Gasteiger partial charge in [-0.1, -0.05) is 54.1 Å². The van der Waals surface area contributed by atoms with Crippen molar-refractivity contribution in [3.05, 3.63) is 88.1 Å². The minimum atomic E-state index is -3.53. The fourth-order valence-electron chi connectivity index (χ4n) is 4.23. The molecule has 1 aromatic heterocycles. The van der Waals surface area contributed by atoms with Gasteiger partial charge in [-0.3, -0.25) is 4.79 Å². The molecule has 1 amide bonds. The number of sulfonamides is 1. The van der Waals surface area contributed by atoms with Crippen molar-refractivity contribution in [2.24, 2.45) is 5.92 Å². The van der Waals surface area contributed by atoms with Crippen LogP contribution >= 0.6 is 11.3 Å². The van der Waals surface area contributed by atoms with E-state index in [0.717, 1.165) is 16.9 Å². The lowest BCUT2D eigenvalue weighted by Gasteiger charge is -2.33. The molecule has 174 valence electrons. The Balaban J connectivity index is 1.41. The van der Waals surface area contributed by atoms with Crippen molar-refractivity contribution >= 4 is 27.3 Å². The van der Waals surface area contributed by atoms with Crippen LogP contribution in [-0.4, -0.2) is 43.2 Å². The van der Waals surface area contributed by atoms with Gasteiger partial charge in [0.05, 0.1) is 11.4 Å².